The van der Waals surface area contributed by atoms with Crippen molar-refractivity contribution in [2.75, 3.05) is 0 Å². The molecule has 0 amide bonds. The van der Waals surface area contributed by atoms with Gasteiger partial charge in [0.25, 0.3) is 12.4 Å². The van der Waals surface area contributed by atoms with Crippen molar-refractivity contribution in [3.63, 3.8) is 0 Å². The maximum Gasteiger partial charge on any atom is 0.573 e. The van der Waals surface area contributed by atoms with E-state index in [9.17, 15) is 26.3 Å². The van der Waals surface area contributed by atoms with Crippen LogP contribution in [0.1, 0.15) is 12.1 Å². The Kier molecular flexibility index (Phi) is 3.51. The summed E-state index contributed by atoms with van der Waals surface area (Å²) in [5.74, 6) is -3.28. The summed E-state index contributed by atoms with van der Waals surface area (Å²) in [6.07, 6.45) is -8.33. The molecule has 0 aliphatic carbocycles. The summed E-state index contributed by atoms with van der Waals surface area (Å²) in [5.41, 5.74) is -1.07. The van der Waals surface area contributed by atoms with Crippen LogP contribution in [0.25, 0.3) is 0 Å². The Morgan fingerprint density at radius 1 is 1.31 bits per heavy atom. The summed E-state index contributed by atoms with van der Waals surface area (Å²) >= 11 is 5.15. The quantitative estimate of drug-likeness (QED) is 0.601. The van der Waals surface area contributed by atoms with Crippen molar-refractivity contribution in [1.29, 1.82) is 0 Å². The minimum atomic E-state index is -5.18. The van der Waals surface area contributed by atoms with E-state index in [1.165, 1.54) is 0 Å². The predicted molar refractivity (Wildman–Crippen MR) is 40.8 cm³/mol. The van der Waals surface area contributed by atoms with Crippen LogP contribution in [-0.4, -0.2) is 11.3 Å². The van der Waals surface area contributed by atoms with Gasteiger partial charge in [0.2, 0.25) is 5.75 Å². The number of pyridine rings is 1. The Bertz CT molecular complexity index is 370. The predicted octanol–water partition coefficient (Wildman–Crippen LogP) is 3.71. The number of ether oxygens (including phenoxy) is 1. The maximum atomic E-state index is 12.8. The molecule has 0 fully saturated rings. The van der Waals surface area contributed by atoms with E-state index in [0.29, 0.717) is 6.07 Å². The van der Waals surface area contributed by atoms with Crippen molar-refractivity contribution in [3.05, 3.63) is 22.7 Å². The molecule has 0 unspecified atom stereocenters. The number of nitrogens with zero attached hydrogens (tertiary/aromatic N) is 1. The van der Waals surface area contributed by atoms with Gasteiger partial charge in [0.1, 0.15) is 5.69 Å². The minimum Gasteiger partial charge on any atom is -0.399 e. The molecular weight excluding hydrogens is 264 g/mol. The fourth-order valence-corrected chi connectivity index (χ4v) is 1.04. The normalized spacial score (nSPS) is 12.0. The highest BCUT2D eigenvalue weighted by Gasteiger charge is 2.34. The summed E-state index contributed by atoms with van der Waals surface area (Å²) in [4.78, 5) is 2.59. The smallest absolute Gasteiger partial charge is 0.399 e. The van der Waals surface area contributed by atoms with E-state index < -0.39 is 35.2 Å². The van der Waals surface area contributed by atoms with Gasteiger partial charge in [0.05, 0.1) is 5.02 Å². The molecule has 1 aromatic heterocycles. The lowest BCUT2D eigenvalue weighted by molar-refractivity contribution is -0.275. The fourth-order valence-electron chi connectivity index (χ4n) is 0.809. The second-order valence-electron chi connectivity index (χ2n) is 2.50. The Balaban J connectivity index is 3.13. The van der Waals surface area contributed by atoms with E-state index in [-0.39, 0.29) is 0 Å². The lowest BCUT2D eigenvalue weighted by Crippen LogP contribution is -2.19. The van der Waals surface area contributed by atoms with E-state index in [1.807, 2.05) is 0 Å². The molecule has 16 heavy (non-hydrogen) atoms. The molecule has 90 valence electrons. The van der Waals surface area contributed by atoms with Crippen LogP contribution in [0.15, 0.2) is 6.07 Å². The van der Waals surface area contributed by atoms with E-state index in [4.69, 9.17) is 11.6 Å². The zero-order valence-electron chi connectivity index (χ0n) is 7.16. The minimum absolute atomic E-state index is 0.399. The van der Waals surface area contributed by atoms with Crippen molar-refractivity contribution in [2.45, 2.75) is 12.8 Å². The summed E-state index contributed by atoms with van der Waals surface area (Å²) in [5, 5.41) is -0.930. The van der Waals surface area contributed by atoms with Gasteiger partial charge in [-0.2, -0.15) is 4.39 Å². The fraction of sp³-hybridized carbons (Fsp3) is 0.286. The Labute approximate surface area is 89.8 Å². The van der Waals surface area contributed by atoms with Gasteiger partial charge in [-0.15, -0.1) is 13.2 Å². The third-order valence-electron chi connectivity index (χ3n) is 1.35. The van der Waals surface area contributed by atoms with Crippen molar-refractivity contribution in [3.8, 4) is 5.75 Å². The Morgan fingerprint density at radius 2 is 1.88 bits per heavy atom. The molecule has 0 saturated heterocycles. The number of hydrogen-bond donors (Lipinski definition) is 0. The van der Waals surface area contributed by atoms with Crippen LogP contribution in [0.2, 0.25) is 5.02 Å². The van der Waals surface area contributed by atoms with E-state index in [2.05, 4.69) is 9.72 Å². The van der Waals surface area contributed by atoms with Crippen LogP contribution in [0.4, 0.5) is 26.3 Å². The van der Waals surface area contributed by atoms with E-state index >= 15 is 0 Å². The van der Waals surface area contributed by atoms with Crippen molar-refractivity contribution in [1.82, 2.24) is 4.98 Å². The molecule has 0 aliphatic rings. The monoisotopic (exact) mass is 265 g/mol. The van der Waals surface area contributed by atoms with Crippen molar-refractivity contribution < 1.29 is 31.1 Å². The molecule has 1 rings (SSSR count). The third kappa shape index (κ3) is 3.16. The lowest BCUT2D eigenvalue weighted by Gasteiger charge is -2.11. The summed E-state index contributed by atoms with van der Waals surface area (Å²) < 4.78 is 75.3. The Hall–Kier alpha value is -1.18. The van der Waals surface area contributed by atoms with Crippen LogP contribution >= 0.6 is 11.6 Å². The van der Waals surface area contributed by atoms with Gasteiger partial charge >= 0.3 is 6.36 Å². The summed E-state index contributed by atoms with van der Waals surface area (Å²) in [6.45, 7) is 0. The van der Waals surface area contributed by atoms with E-state index in [0.717, 1.165) is 0 Å². The highest BCUT2D eigenvalue weighted by molar-refractivity contribution is 6.32. The number of hydrogen-bond acceptors (Lipinski definition) is 2. The first kappa shape index (κ1) is 12.9. The molecule has 0 atom stereocenters. The lowest BCUT2D eigenvalue weighted by atomic mass is 10.3. The Morgan fingerprint density at radius 3 is 2.25 bits per heavy atom. The molecule has 9 heteroatoms. The average molecular weight is 266 g/mol. The van der Waals surface area contributed by atoms with Crippen LogP contribution in [0, 0.1) is 5.95 Å². The molecule has 0 spiro atoms. The molecule has 1 heterocycles. The SMILES string of the molecule is Fc1nc(C(F)F)cc(Cl)c1OC(F)(F)F. The van der Waals surface area contributed by atoms with Gasteiger partial charge in [0.15, 0.2) is 0 Å². The molecule has 1 aromatic rings. The highest BCUT2D eigenvalue weighted by atomic mass is 35.5. The number of alkyl halides is 5. The first-order valence-corrected chi connectivity index (χ1v) is 3.98. The number of aromatic nitrogens is 1. The van der Waals surface area contributed by atoms with Crippen LogP contribution in [0.3, 0.4) is 0 Å². The molecule has 0 radical (unpaired) electrons. The largest absolute Gasteiger partial charge is 0.573 e. The second kappa shape index (κ2) is 4.36. The molecule has 0 saturated carbocycles. The van der Waals surface area contributed by atoms with Gasteiger partial charge in [0, 0.05) is 0 Å². The van der Waals surface area contributed by atoms with Crippen molar-refractivity contribution in [2.24, 2.45) is 0 Å². The van der Waals surface area contributed by atoms with Crippen LogP contribution in [-0.2, 0) is 0 Å². The molecular formula is C7H2ClF6NO. The van der Waals surface area contributed by atoms with Gasteiger partial charge in [-0.3, -0.25) is 0 Å². The standard InChI is InChI=1S/C7H2ClF6NO/c8-2-1-3(5(9)10)15-6(11)4(2)16-7(12,13)14/h1,5H. The molecule has 0 aromatic carbocycles. The molecule has 0 aliphatic heterocycles. The van der Waals surface area contributed by atoms with Gasteiger partial charge in [-0.05, 0) is 6.07 Å². The van der Waals surface area contributed by atoms with Gasteiger partial charge in [-0.1, -0.05) is 11.6 Å². The summed E-state index contributed by atoms with van der Waals surface area (Å²) in [6, 6.07) is 0.399. The van der Waals surface area contributed by atoms with E-state index in [1.54, 1.807) is 0 Å². The van der Waals surface area contributed by atoms with Crippen LogP contribution in [0.5, 0.6) is 5.75 Å². The molecule has 0 N–H and O–H groups in total. The number of halogens is 7. The average Bonchev–Trinajstić information content (AvgIpc) is 2.09. The van der Waals surface area contributed by atoms with Gasteiger partial charge in [-0.25, -0.2) is 13.8 Å². The zero-order valence-corrected chi connectivity index (χ0v) is 7.91. The molecule has 0 bridgehead atoms. The van der Waals surface area contributed by atoms with Crippen molar-refractivity contribution >= 4 is 11.6 Å². The molecule has 2 nitrogen and oxygen atoms in total. The zero-order chi connectivity index (χ0) is 12.5. The summed E-state index contributed by atoms with van der Waals surface area (Å²) in [7, 11) is 0. The topological polar surface area (TPSA) is 22.1 Å². The number of rotatable bonds is 2. The van der Waals surface area contributed by atoms with Crippen LogP contribution < -0.4 is 4.74 Å². The maximum absolute atomic E-state index is 12.8. The third-order valence-corrected chi connectivity index (χ3v) is 1.63. The highest BCUT2D eigenvalue weighted by Crippen LogP contribution is 2.34. The van der Waals surface area contributed by atoms with Gasteiger partial charge < -0.3 is 4.74 Å². The second-order valence-corrected chi connectivity index (χ2v) is 2.90. The first-order chi connectivity index (χ1) is 7.20. The first-order valence-electron chi connectivity index (χ1n) is 3.60.